The van der Waals surface area contributed by atoms with Crippen LogP contribution in [0.2, 0.25) is 5.02 Å². The summed E-state index contributed by atoms with van der Waals surface area (Å²) in [7, 11) is 0. The van der Waals surface area contributed by atoms with Crippen LogP contribution in [0.25, 0.3) is 0 Å². The van der Waals surface area contributed by atoms with Crippen LogP contribution in [-0.2, 0) is 11.3 Å². The highest BCUT2D eigenvalue weighted by Gasteiger charge is 2.10. The predicted molar refractivity (Wildman–Crippen MR) is 77.8 cm³/mol. The number of rotatable bonds is 3. The van der Waals surface area contributed by atoms with Gasteiger partial charge in [0.25, 0.3) is 0 Å². The standard InChI is InChI=1S/C12H12ClN3O2S/c1-7-6-19-12(18)16(7)5-11(17)15-10-3-2-8(14)4-9(10)13/h2-4,6H,5,14H2,1H3,(H,15,17). The van der Waals surface area contributed by atoms with Crippen molar-refractivity contribution >= 4 is 40.2 Å². The van der Waals surface area contributed by atoms with Gasteiger partial charge in [-0.3, -0.25) is 14.2 Å². The first-order valence-electron chi connectivity index (χ1n) is 5.47. The summed E-state index contributed by atoms with van der Waals surface area (Å²) in [6.45, 7) is 1.75. The number of anilines is 2. The van der Waals surface area contributed by atoms with Crippen molar-refractivity contribution in [3.8, 4) is 0 Å². The van der Waals surface area contributed by atoms with Crippen LogP contribution >= 0.6 is 22.9 Å². The molecule has 1 aromatic heterocycles. The smallest absolute Gasteiger partial charge is 0.307 e. The van der Waals surface area contributed by atoms with E-state index in [4.69, 9.17) is 17.3 Å². The van der Waals surface area contributed by atoms with Gasteiger partial charge >= 0.3 is 4.87 Å². The fourth-order valence-corrected chi connectivity index (χ4v) is 2.53. The molecule has 0 radical (unpaired) electrons. The van der Waals surface area contributed by atoms with Crippen LogP contribution in [0.4, 0.5) is 11.4 Å². The molecule has 2 rings (SSSR count). The topological polar surface area (TPSA) is 77.1 Å². The number of halogens is 1. The van der Waals surface area contributed by atoms with Gasteiger partial charge in [0.05, 0.1) is 10.7 Å². The van der Waals surface area contributed by atoms with Crippen molar-refractivity contribution in [1.29, 1.82) is 0 Å². The molecule has 0 spiro atoms. The number of nitrogens with two attached hydrogens (primary N) is 1. The third-order valence-electron chi connectivity index (χ3n) is 2.55. The van der Waals surface area contributed by atoms with E-state index in [1.165, 1.54) is 4.57 Å². The monoisotopic (exact) mass is 297 g/mol. The summed E-state index contributed by atoms with van der Waals surface area (Å²) >= 11 is 7.03. The zero-order valence-electron chi connectivity index (χ0n) is 10.1. The highest BCUT2D eigenvalue weighted by Crippen LogP contribution is 2.23. The molecule has 0 unspecified atom stereocenters. The van der Waals surface area contributed by atoms with E-state index in [9.17, 15) is 9.59 Å². The summed E-state index contributed by atoms with van der Waals surface area (Å²) in [5, 5.41) is 4.73. The van der Waals surface area contributed by atoms with Crippen LogP contribution in [0, 0.1) is 6.92 Å². The Morgan fingerprint density at radius 1 is 1.53 bits per heavy atom. The molecule has 1 aromatic carbocycles. The normalized spacial score (nSPS) is 10.4. The minimum Gasteiger partial charge on any atom is -0.399 e. The van der Waals surface area contributed by atoms with E-state index < -0.39 is 0 Å². The van der Waals surface area contributed by atoms with Crippen molar-refractivity contribution < 1.29 is 4.79 Å². The molecular weight excluding hydrogens is 286 g/mol. The third-order valence-corrected chi connectivity index (χ3v) is 3.74. The van der Waals surface area contributed by atoms with Gasteiger partial charge in [-0.25, -0.2) is 0 Å². The minimum atomic E-state index is -0.310. The van der Waals surface area contributed by atoms with Crippen molar-refractivity contribution in [2.75, 3.05) is 11.1 Å². The van der Waals surface area contributed by atoms with E-state index in [2.05, 4.69) is 5.32 Å². The number of nitrogens with zero attached hydrogens (tertiary/aromatic N) is 1. The molecule has 2 aromatic rings. The van der Waals surface area contributed by atoms with Gasteiger partial charge in [-0.05, 0) is 25.1 Å². The third kappa shape index (κ3) is 3.15. The van der Waals surface area contributed by atoms with Gasteiger partial charge < -0.3 is 11.1 Å². The van der Waals surface area contributed by atoms with E-state index >= 15 is 0 Å². The van der Waals surface area contributed by atoms with Crippen LogP contribution in [0.1, 0.15) is 5.69 Å². The second kappa shape index (κ2) is 5.46. The Balaban J connectivity index is 2.12. The van der Waals surface area contributed by atoms with Crippen LogP contribution in [0.5, 0.6) is 0 Å². The summed E-state index contributed by atoms with van der Waals surface area (Å²) in [6, 6.07) is 4.82. The molecule has 0 atom stereocenters. The number of hydrogen-bond acceptors (Lipinski definition) is 4. The lowest BCUT2D eigenvalue weighted by molar-refractivity contribution is -0.116. The van der Waals surface area contributed by atoms with Gasteiger partial charge in [-0.1, -0.05) is 22.9 Å². The number of carbonyl (C=O) groups excluding carboxylic acids is 1. The Morgan fingerprint density at radius 2 is 2.26 bits per heavy atom. The van der Waals surface area contributed by atoms with Gasteiger partial charge in [-0.15, -0.1) is 0 Å². The van der Waals surface area contributed by atoms with Crippen LogP contribution in [-0.4, -0.2) is 10.5 Å². The number of nitrogen functional groups attached to an aromatic ring is 1. The van der Waals surface area contributed by atoms with Gasteiger partial charge in [0.1, 0.15) is 6.54 Å². The van der Waals surface area contributed by atoms with E-state index in [0.717, 1.165) is 17.0 Å². The largest absolute Gasteiger partial charge is 0.399 e. The number of thiazole rings is 1. The first-order valence-corrected chi connectivity index (χ1v) is 6.73. The number of aryl methyl sites for hydroxylation is 1. The summed E-state index contributed by atoms with van der Waals surface area (Å²) in [6.07, 6.45) is 0. The maximum atomic E-state index is 11.9. The summed E-state index contributed by atoms with van der Waals surface area (Å²) in [5.41, 5.74) is 7.32. The van der Waals surface area contributed by atoms with Crippen molar-refractivity contribution in [2.45, 2.75) is 13.5 Å². The van der Waals surface area contributed by atoms with Crippen LogP contribution in [0.15, 0.2) is 28.4 Å². The highest BCUT2D eigenvalue weighted by atomic mass is 35.5. The van der Waals surface area contributed by atoms with E-state index in [1.807, 2.05) is 0 Å². The van der Waals surface area contributed by atoms with Crippen molar-refractivity contribution in [3.05, 3.63) is 44.0 Å². The number of amides is 1. The first kappa shape index (κ1) is 13.6. The van der Waals surface area contributed by atoms with E-state index in [1.54, 1.807) is 30.5 Å². The number of aromatic nitrogens is 1. The summed E-state index contributed by atoms with van der Waals surface area (Å²) in [5.74, 6) is -0.310. The number of hydrogen-bond donors (Lipinski definition) is 2. The summed E-state index contributed by atoms with van der Waals surface area (Å²) < 4.78 is 1.41. The molecule has 0 fully saturated rings. The van der Waals surface area contributed by atoms with Gasteiger partial charge in [0.2, 0.25) is 5.91 Å². The molecular formula is C12H12ClN3O2S. The Hall–Kier alpha value is -1.79. The number of benzene rings is 1. The molecule has 5 nitrogen and oxygen atoms in total. The maximum absolute atomic E-state index is 11.9. The maximum Gasteiger partial charge on any atom is 0.307 e. The summed E-state index contributed by atoms with van der Waals surface area (Å²) in [4.78, 5) is 23.2. The Morgan fingerprint density at radius 3 is 2.84 bits per heavy atom. The lowest BCUT2D eigenvalue weighted by atomic mass is 10.3. The number of nitrogens with one attached hydrogen (secondary N) is 1. The van der Waals surface area contributed by atoms with Crippen LogP contribution < -0.4 is 15.9 Å². The number of carbonyl (C=O) groups is 1. The molecule has 0 bridgehead atoms. The molecule has 19 heavy (non-hydrogen) atoms. The Bertz CT molecular complexity index is 678. The molecule has 1 heterocycles. The fourth-order valence-electron chi connectivity index (χ4n) is 1.56. The second-order valence-corrected chi connectivity index (χ2v) is 5.24. The molecule has 1 amide bonds. The molecule has 0 aliphatic carbocycles. The Labute approximate surface area is 118 Å². The van der Waals surface area contributed by atoms with E-state index in [0.29, 0.717) is 16.4 Å². The minimum absolute atomic E-state index is 0.0329. The van der Waals surface area contributed by atoms with E-state index in [-0.39, 0.29) is 17.3 Å². The molecule has 0 aliphatic rings. The average molecular weight is 298 g/mol. The molecule has 3 N–H and O–H groups in total. The fraction of sp³-hybridized carbons (Fsp3) is 0.167. The lowest BCUT2D eigenvalue weighted by Crippen LogP contribution is -2.25. The van der Waals surface area contributed by atoms with Crippen molar-refractivity contribution in [2.24, 2.45) is 0 Å². The molecule has 0 saturated heterocycles. The molecule has 7 heteroatoms. The SMILES string of the molecule is Cc1csc(=O)n1CC(=O)Nc1ccc(N)cc1Cl. The average Bonchev–Trinajstić information content (AvgIpc) is 2.65. The predicted octanol–water partition coefficient (Wildman–Crippen LogP) is 2.09. The Kier molecular flexibility index (Phi) is 3.92. The van der Waals surface area contributed by atoms with Crippen LogP contribution in [0.3, 0.4) is 0 Å². The zero-order chi connectivity index (χ0) is 14.0. The second-order valence-electron chi connectivity index (χ2n) is 4.02. The first-order chi connectivity index (χ1) is 8.97. The molecule has 100 valence electrons. The zero-order valence-corrected chi connectivity index (χ0v) is 11.7. The van der Waals surface area contributed by atoms with Gasteiger partial charge in [-0.2, -0.15) is 0 Å². The molecule has 0 saturated carbocycles. The molecule has 0 aliphatic heterocycles. The van der Waals surface area contributed by atoms with Gasteiger partial charge in [0.15, 0.2) is 0 Å². The van der Waals surface area contributed by atoms with Crippen molar-refractivity contribution in [3.63, 3.8) is 0 Å². The van der Waals surface area contributed by atoms with Gasteiger partial charge in [0, 0.05) is 16.8 Å². The van der Waals surface area contributed by atoms with Crippen molar-refractivity contribution in [1.82, 2.24) is 4.57 Å². The lowest BCUT2D eigenvalue weighted by Gasteiger charge is -2.08. The quantitative estimate of drug-likeness (QED) is 0.852. The highest BCUT2D eigenvalue weighted by molar-refractivity contribution is 7.07.